The number of hydrogen-bond donors (Lipinski definition) is 2. The van der Waals surface area contributed by atoms with Gasteiger partial charge in [-0.05, 0) is 50.3 Å². The minimum absolute atomic E-state index is 0.240. The lowest BCUT2D eigenvalue weighted by atomic mass is 10.0. The first-order valence-electron chi connectivity index (χ1n) is 7.69. The lowest BCUT2D eigenvalue weighted by Crippen LogP contribution is -2.54. The minimum Gasteiger partial charge on any atom is -0.335 e. The van der Waals surface area contributed by atoms with Crippen molar-refractivity contribution in [2.75, 3.05) is 11.4 Å². The van der Waals surface area contributed by atoms with Crippen LogP contribution >= 0.6 is 0 Å². The summed E-state index contributed by atoms with van der Waals surface area (Å²) in [5, 5.41) is 5.51. The number of nitrogens with one attached hydrogen (secondary N) is 2. The van der Waals surface area contributed by atoms with E-state index in [4.69, 9.17) is 0 Å². The van der Waals surface area contributed by atoms with Crippen molar-refractivity contribution in [1.82, 2.24) is 10.6 Å². The summed E-state index contributed by atoms with van der Waals surface area (Å²) in [7, 11) is 0. The number of aryl methyl sites for hydroxylation is 1. The Balaban J connectivity index is 1.71. The summed E-state index contributed by atoms with van der Waals surface area (Å²) in [6.45, 7) is 2.33. The molecule has 1 aromatic rings. The molecule has 3 rings (SSSR count). The van der Waals surface area contributed by atoms with E-state index in [-0.39, 0.29) is 18.0 Å². The van der Waals surface area contributed by atoms with E-state index in [0.29, 0.717) is 18.7 Å². The molecule has 1 aliphatic heterocycles. The summed E-state index contributed by atoms with van der Waals surface area (Å²) in [6, 6.07) is 4.05. The first-order chi connectivity index (χ1) is 10.5. The summed E-state index contributed by atoms with van der Waals surface area (Å²) in [5.41, 5.74) is 1.19. The highest BCUT2D eigenvalue weighted by Gasteiger charge is 2.33. The predicted molar refractivity (Wildman–Crippen MR) is 81.2 cm³/mol. The summed E-state index contributed by atoms with van der Waals surface area (Å²) in [6.07, 6.45) is 3.30. The minimum atomic E-state index is -0.590. The fourth-order valence-electron chi connectivity index (χ4n) is 2.69. The Labute approximate surface area is 128 Å². The average Bonchev–Trinajstić information content (AvgIpc) is 3.28. The third kappa shape index (κ3) is 3.21. The van der Waals surface area contributed by atoms with Crippen LogP contribution in [0.3, 0.4) is 0 Å². The average molecular weight is 305 g/mol. The van der Waals surface area contributed by atoms with Gasteiger partial charge in [0.15, 0.2) is 0 Å². The molecule has 0 spiro atoms. The molecule has 5 nitrogen and oxygen atoms in total. The molecule has 0 aromatic heterocycles. The predicted octanol–water partition coefficient (Wildman–Crippen LogP) is 2.09. The van der Waals surface area contributed by atoms with E-state index < -0.39 is 11.9 Å². The Morgan fingerprint density at radius 3 is 2.77 bits per heavy atom. The number of piperidine rings is 1. The number of carbonyl (C=O) groups is 2. The highest BCUT2D eigenvalue weighted by atomic mass is 19.1. The van der Waals surface area contributed by atoms with Gasteiger partial charge in [0.2, 0.25) is 5.91 Å². The largest absolute Gasteiger partial charge is 0.335 e. The van der Waals surface area contributed by atoms with Gasteiger partial charge in [0.25, 0.3) is 0 Å². The molecule has 2 N–H and O–H groups in total. The van der Waals surface area contributed by atoms with Crippen LogP contribution in [0.25, 0.3) is 0 Å². The zero-order chi connectivity index (χ0) is 15.7. The second-order valence-electron chi connectivity index (χ2n) is 6.03. The third-order valence-corrected chi connectivity index (χ3v) is 4.05. The SMILES string of the molecule is Cc1ccc(F)c(N2CCC[C@@H](NC(=O)NC3CC3)C2=O)c1. The van der Waals surface area contributed by atoms with Gasteiger partial charge in [-0.2, -0.15) is 0 Å². The molecule has 1 aliphatic carbocycles. The summed E-state index contributed by atoms with van der Waals surface area (Å²) in [4.78, 5) is 25.8. The van der Waals surface area contributed by atoms with Crippen molar-refractivity contribution in [3.8, 4) is 0 Å². The van der Waals surface area contributed by atoms with E-state index in [2.05, 4.69) is 10.6 Å². The van der Waals surface area contributed by atoms with Crippen molar-refractivity contribution < 1.29 is 14.0 Å². The van der Waals surface area contributed by atoms with Gasteiger partial charge >= 0.3 is 6.03 Å². The Morgan fingerprint density at radius 2 is 2.05 bits per heavy atom. The number of benzene rings is 1. The summed E-state index contributed by atoms with van der Waals surface area (Å²) >= 11 is 0. The van der Waals surface area contributed by atoms with Gasteiger partial charge < -0.3 is 15.5 Å². The molecule has 2 fully saturated rings. The molecule has 118 valence electrons. The van der Waals surface area contributed by atoms with E-state index >= 15 is 0 Å². The molecule has 1 aromatic carbocycles. The van der Waals surface area contributed by atoms with Gasteiger partial charge in [-0.25, -0.2) is 9.18 Å². The van der Waals surface area contributed by atoms with Gasteiger partial charge in [0, 0.05) is 12.6 Å². The lowest BCUT2D eigenvalue weighted by Gasteiger charge is -2.33. The number of rotatable bonds is 3. The van der Waals surface area contributed by atoms with Gasteiger partial charge in [-0.1, -0.05) is 6.07 Å². The van der Waals surface area contributed by atoms with Crippen LogP contribution in [0.5, 0.6) is 0 Å². The van der Waals surface area contributed by atoms with E-state index in [1.807, 2.05) is 6.92 Å². The van der Waals surface area contributed by atoms with Crippen molar-refractivity contribution in [2.24, 2.45) is 0 Å². The molecule has 22 heavy (non-hydrogen) atoms. The molecule has 1 heterocycles. The fourth-order valence-corrected chi connectivity index (χ4v) is 2.69. The van der Waals surface area contributed by atoms with Crippen LogP contribution < -0.4 is 15.5 Å². The number of amides is 3. The Morgan fingerprint density at radius 1 is 1.27 bits per heavy atom. The van der Waals surface area contributed by atoms with E-state index in [9.17, 15) is 14.0 Å². The Hall–Kier alpha value is -2.11. The van der Waals surface area contributed by atoms with Crippen molar-refractivity contribution in [2.45, 2.75) is 44.7 Å². The standard InChI is InChI=1S/C16H20FN3O2/c1-10-4-7-12(17)14(9-10)20-8-2-3-13(15(20)21)19-16(22)18-11-5-6-11/h4,7,9,11,13H,2-3,5-6,8H2,1H3,(H2,18,19,22)/t13-/m1/s1. The maximum atomic E-state index is 14.0. The number of anilines is 1. The van der Waals surface area contributed by atoms with Crippen molar-refractivity contribution >= 4 is 17.6 Å². The lowest BCUT2D eigenvalue weighted by molar-refractivity contribution is -0.121. The van der Waals surface area contributed by atoms with Crippen molar-refractivity contribution in [3.63, 3.8) is 0 Å². The first-order valence-corrected chi connectivity index (χ1v) is 7.69. The maximum Gasteiger partial charge on any atom is 0.315 e. The number of halogens is 1. The van der Waals surface area contributed by atoms with E-state index in [1.54, 1.807) is 12.1 Å². The van der Waals surface area contributed by atoms with E-state index in [1.165, 1.54) is 11.0 Å². The zero-order valence-corrected chi connectivity index (χ0v) is 12.6. The molecule has 6 heteroatoms. The molecule has 1 saturated carbocycles. The number of nitrogens with zero attached hydrogens (tertiary/aromatic N) is 1. The third-order valence-electron chi connectivity index (χ3n) is 4.05. The molecule has 0 bridgehead atoms. The second-order valence-corrected chi connectivity index (χ2v) is 6.03. The van der Waals surface area contributed by atoms with E-state index in [0.717, 1.165) is 24.8 Å². The smallest absolute Gasteiger partial charge is 0.315 e. The maximum absolute atomic E-state index is 14.0. The molecule has 0 unspecified atom stereocenters. The number of hydrogen-bond acceptors (Lipinski definition) is 2. The number of carbonyl (C=O) groups excluding carboxylic acids is 2. The quantitative estimate of drug-likeness (QED) is 0.898. The molecular weight excluding hydrogens is 285 g/mol. The van der Waals surface area contributed by atoms with Gasteiger partial charge in [0.05, 0.1) is 5.69 Å². The molecule has 3 amide bonds. The van der Waals surface area contributed by atoms with Crippen LogP contribution in [-0.4, -0.2) is 30.6 Å². The van der Waals surface area contributed by atoms with Crippen LogP contribution in [-0.2, 0) is 4.79 Å². The van der Waals surface area contributed by atoms with Gasteiger partial charge in [-0.15, -0.1) is 0 Å². The Bertz CT molecular complexity index is 601. The van der Waals surface area contributed by atoms with Crippen LogP contribution in [0.15, 0.2) is 18.2 Å². The normalized spacial score (nSPS) is 21.6. The first kappa shape index (κ1) is 14.8. The van der Waals surface area contributed by atoms with Crippen LogP contribution in [0.2, 0.25) is 0 Å². The van der Waals surface area contributed by atoms with Crippen molar-refractivity contribution in [1.29, 1.82) is 0 Å². The monoisotopic (exact) mass is 305 g/mol. The Kier molecular flexibility index (Phi) is 4.00. The highest BCUT2D eigenvalue weighted by Crippen LogP contribution is 2.25. The molecule has 0 radical (unpaired) electrons. The van der Waals surface area contributed by atoms with Crippen molar-refractivity contribution in [3.05, 3.63) is 29.6 Å². The van der Waals surface area contributed by atoms with Crippen LogP contribution in [0.1, 0.15) is 31.2 Å². The highest BCUT2D eigenvalue weighted by molar-refractivity contribution is 5.99. The van der Waals surface area contributed by atoms with Crippen LogP contribution in [0, 0.1) is 12.7 Å². The molecule has 1 saturated heterocycles. The molecule has 1 atom stereocenters. The van der Waals surface area contributed by atoms with Crippen LogP contribution in [0.4, 0.5) is 14.9 Å². The fraction of sp³-hybridized carbons (Fsp3) is 0.500. The zero-order valence-electron chi connectivity index (χ0n) is 12.6. The van der Waals surface area contributed by atoms with Gasteiger partial charge in [-0.3, -0.25) is 4.79 Å². The molecular formula is C16H20FN3O2. The summed E-state index contributed by atoms with van der Waals surface area (Å²) < 4.78 is 14.0. The second kappa shape index (κ2) is 5.94. The summed E-state index contributed by atoms with van der Waals surface area (Å²) in [5.74, 6) is -0.663. The topological polar surface area (TPSA) is 61.4 Å². The number of urea groups is 1. The van der Waals surface area contributed by atoms with Gasteiger partial charge in [0.1, 0.15) is 11.9 Å². The molecule has 2 aliphatic rings.